The molecule has 2 aromatic carbocycles. The smallest absolute Gasteiger partial charge is 0.257 e. The van der Waals surface area contributed by atoms with Gasteiger partial charge in [-0.1, -0.05) is 0 Å². The molecule has 136 valence electrons. The van der Waals surface area contributed by atoms with Crippen LogP contribution < -0.4 is 14.8 Å². The Labute approximate surface area is 156 Å². The van der Waals surface area contributed by atoms with Crippen LogP contribution in [0.2, 0.25) is 0 Å². The summed E-state index contributed by atoms with van der Waals surface area (Å²) in [5.74, 6) is 1.19. The van der Waals surface area contributed by atoms with Crippen molar-refractivity contribution in [3.05, 3.63) is 78.1 Å². The number of ether oxygens (including phenoxy) is 2. The monoisotopic (exact) mass is 362 g/mol. The second-order valence-electron chi connectivity index (χ2n) is 5.74. The third-order valence-corrected chi connectivity index (χ3v) is 3.83. The zero-order valence-electron chi connectivity index (χ0n) is 14.9. The van der Waals surface area contributed by atoms with E-state index in [0.717, 1.165) is 0 Å². The van der Waals surface area contributed by atoms with Gasteiger partial charge in [-0.25, -0.2) is 0 Å². The number of ketones is 1. The Kier molecular flexibility index (Phi) is 5.47. The number of carbonyl (C=O) groups excluding carboxylic acids is 2. The lowest BCUT2D eigenvalue weighted by atomic mass is 10.1. The van der Waals surface area contributed by atoms with E-state index in [2.05, 4.69) is 10.3 Å². The number of pyridine rings is 1. The molecular weight excluding hydrogens is 344 g/mol. The second kappa shape index (κ2) is 8.14. The van der Waals surface area contributed by atoms with Crippen LogP contribution in [0.3, 0.4) is 0 Å². The van der Waals surface area contributed by atoms with Crippen molar-refractivity contribution >= 4 is 17.4 Å². The fourth-order valence-electron chi connectivity index (χ4n) is 2.44. The van der Waals surface area contributed by atoms with Crippen LogP contribution in [0.5, 0.6) is 17.2 Å². The quantitative estimate of drug-likeness (QED) is 0.660. The minimum absolute atomic E-state index is 0.104. The van der Waals surface area contributed by atoms with E-state index in [1.54, 1.807) is 67.9 Å². The maximum atomic E-state index is 12.1. The number of amides is 1. The third-order valence-electron chi connectivity index (χ3n) is 3.83. The molecule has 0 bridgehead atoms. The summed E-state index contributed by atoms with van der Waals surface area (Å²) in [7, 11) is 1.55. The molecular formula is C21H18N2O4. The number of nitrogens with one attached hydrogen (secondary N) is 1. The van der Waals surface area contributed by atoms with Crippen molar-refractivity contribution in [1.29, 1.82) is 0 Å². The van der Waals surface area contributed by atoms with Crippen LogP contribution in [-0.4, -0.2) is 23.8 Å². The highest BCUT2D eigenvalue weighted by Crippen LogP contribution is 2.30. The van der Waals surface area contributed by atoms with E-state index in [1.165, 1.54) is 13.1 Å². The van der Waals surface area contributed by atoms with Gasteiger partial charge < -0.3 is 14.8 Å². The summed E-state index contributed by atoms with van der Waals surface area (Å²) in [5.41, 5.74) is 1.55. The number of anilines is 1. The number of nitrogens with zero attached hydrogens (tertiary/aromatic N) is 1. The molecule has 0 aliphatic heterocycles. The molecule has 0 saturated heterocycles. The fraction of sp³-hybridized carbons (Fsp3) is 0.0952. The Morgan fingerprint density at radius 2 is 1.74 bits per heavy atom. The lowest BCUT2D eigenvalue weighted by molar-refractivity contribution is 0.101. The molecule has 1 heterocycles. The lowest BCUT2D eigenvalue weighted by Crippen LogP contribution is -2.11. The van der Waals surface area contributed by atoms with Crippen molar-refractivity contribution in [1.82, 2.24) is 4.98 Å². The van der Waals surface area contributed by atoms with Crippen LogP contribution in [0, 0.1) is 0 Å². The van der Waals surface area contributed by atoms with Crippen LogP contribution in [0.4, 0.5) is 5.69 Å². The van der Waals surface area contributed by atoms with Gasteiger partial charge in [0.1, 0.15) is 17.2 Å². The zero-order chi connectivity index (χ0) is 19.2. The maximum Gasteiger partial charge on any atom is 0.257 e. The van der Waals surface area contributed by atoms with E-state index in [9.17, 15) is 9.59 Å². The van der Waals surface area contributed by atoms with Gasteiger partial charge in [-0.2, -0.15) is 0 Å². The molecule has 3 aromatic rings. The molecule has 0 radical (unpaired) electrons. The Morgan fingerprint density at radius 1 is 1.00 bits per heavy atom. The van der Waals surface area contributed by atoms with E-state index < -0.39 is 0 Å². The lowest BCUT2D eigenvalue weighted by Gasteiger charge is -2.12. The van der Waals surface area contributed by atoms with Crippen molar-refractivity contribution in [3.8, 4) is 17.2 Å². The van der Waals surface area contributed by atoms with E-state index in [-0.39, 0.29) is 11.7 Å². The third kappa shape index (κ3) is 4.49. The summed E-state index contributed by atoms with van der Waals surface area (Å²) in [5, 5.41) is 2.79. The molecule has 0 unspecified atom stereocenters. The Morgan fingerprint density at radius 3 is 2.37 bits per heavy atom. The SMILES string of the molecule is COc1ccc(C(C)=O)c(Oc2ccc(NC(=O)c3cccnc3)cc2)c1. The first-order chi connectivity index (χ1) is 13.1. The molecule has 0 spiro atoms. The normalized spacial score (nSPS) is 10.1. The molecule has 0 atom stereocenters. The van der Waals surface area contributed by atoms with Gasteiger partial charge in [-0.05, 0) is 55.5 Å². The molecule has 1 N–H and O–H groups in total. The summed E-state index contributed by atoms with van der Waals surface area (Å²) in [6.45, 7) is 1.48. The molecule has 27 heavy (non-hydrogen) atoms. The summed E-state index contributed by atoms with van der Waals surface area (Å²) < 4.78 is 11.0. The number of carbonyl (C=O) groups is 2. The highest BCUT2D eigenvalue weighted by Gasteiger charge is 2.11. The molecule has 3 rings (SSSR count). The first kappa shape index (κ1) is 18.1. The molecule has 0 aliphatic rings. The van der Waals surface area contributed by atoms with Crippen LogP contribution in [0.15, 0.2) is 67.0 Å². The first-order valence-electron chi connectivity index (χ1n) is 8.25. The number of aromatic nitrogens is 1. The fourth-order valence-corrected chi connectivity index (χ4v) is 2.44. The van der Waals surface area contributed by atoms with Crippen molar-refractivity contribution in [2.24, 2.45) is 0 Å². The molecule has 0 aliphatic carbocycles. The predicted molar refractivity (Wildman–Crippen MR) is 102 cm³/mol. The van der Waals surface area contributed by atoms with Gasteiger partial charge in [0.2, 0.25) is 0 Å². The molecule has 0 fully saturated rings. The van der Waals surface area contributed by atoms with Crippen molar-refractivity contribution in [2.45, 2.75) is 6.92 Å². The highest BCUT2D eigenvalue weighted by molar-refractivity contribution is 6.04. The largest absolute Gasteiger partial charge is 0.497 e. The van der Waals surface area contributed by atoms with Gasteiger partial charge in [-0.15, -0.1) is 0 Å². The number of rotatable bonds is 6. The summed E-state index contributed by atoms with van der Waals surface area (Å²) in [6.07, 6.45) is 3.11. The van der Waals surface area contributed by atoms with E-state index in [4.69, 9.17) is 9.47 Å². The van der Waals surface area contributed by atoms with Crippen LogP contribution in [0.1, 0.15) is 27.6 Å². The minimum atomic E-state index is -0.247. The molecule has 1 aromatic heterocycles. The molecule has 0 saturated carbocycles. The summed E-state index contributed by atoms with van der Waals surface area (Å²) >= 11 is 0. The van der Waals surface area contributed by atoms with Gasteiger partial charge >= 0.3 is 0 Å². The molecule has 6 heteroatoms. The summed E-state index contributed by atoms with van der Waals surface area (Å²) in [6, 6.07) is 15.3. The average molecular weight is 362 g/mol. The van der Waals surface area contributed by atoms with Gasteiger partial charge in [0.15, 0.2) is 5.78 Å². The van der Waals surface area contributed by atoms with Crippen molar-refractivity contribution < 1.29 is 19.1 Å². The van der Waals surface area contributed by atoms with E-state index >= 15 is 0 Å². The van der Waals surface area contributed by atoms with Crippen LogP contribution in [-0.2, 0) is 0 Å². The van der Waals surface area contributed by atoms with Crippen molar-refractivity contribution in [2.75, 3.05) is 12.4 Å². The van der Waals surface area contributed by atoms with Crippen LogP contribution >= 0.6 is 0 Å². The molecule has 6 nitrogen and oxygen atoms in total. The van der Waals surface area contributed by atoms with E-state index in [1.807, 2.05) is 0 Å². The standard InChI is InChI=1S/C21H18N2O4/c1-14(24)19-10-9-18(26-2)12-20(19)27-17-7-5-16(6-8-17)23-21(25)15-4-3-11-22-13-15/h3-13H,1-2H3,(H,23,25). The van der Waals surface area contributed by atoms with Crippen LogP contribution in [0.25, 0.3) is 0 Å². The predicted octanol–water partition coefficient (Wildman–Crippen LogP) is 4.34. The van der Waals surface area contributed by atoms with Gasteiger partial charge in [-0.3, -0.25) is 14.6 Å². The second-order valence-corrected chi connectivity index (χ2v) is 5.74. The number of Topliss-reactive ketones (excluding diaryl/α,β-unsaturated/α-hetero) is 1. The van der Waals surface area contributed by atoms with Gasteiger partial charge in [0.25, 0.3) is 5.91 Å². The number of methoxy groups -OCH3 is 1. The Bertz CT molecular complexity index is 954. The zero-order valence-corrected chi connectivity index (χ0v) is 14.9. The maximum absolute atomic E-state index is 12.1. The minimum Gasteiger partial charge on any atom is -0.497 e. The molecule has 1 amide bonds. The first-order valence-corrected chi connectivity index (χ1v) is 8.25. The van der Waals surface area contributed by atoms with E-state index in [0.29, 0.717) is 34.1 Å². The number of hydrogen-bond acceptors (Lipinski definition) is 5. The number of benzene rings is 2. The average Bonchev–Trinajstić information content (AvgIpc) is 2.69. The van der Waals surface area contributed by atoms with Gasteiger partial charge in [0, 0.05) is 24.1 Å². The Hall–Kier alpha value is -3.67. The highest BCUT2D eigenvalue weighted by atomic mass is 16.5. The van der Waals surface area contributed by atoms with Gasteiger partial charge in [0.05, 0.1) is 18.2 Å². The van der Waals surface area contributed by atoms with Crippen molar-refractivity contribution in [3.63, 3.8) is 0 Å². The topological polar surface area (TPSA) is 77.5 Å². The summed E-state index contributed by atoms with van der Waals surface area (Å²) in [4.78, 5) is 27.9. The number of hydrogen-bond donors (Lipinski definition) is 1. The Balaban J connectivity index is 1.75.